The number of carbonyl (C=O) groups excluding carboxylic acids is 2. The van der Waals surface area contributed by atoms with Crippen molar-refractivity contribution < 1.29 is 14.7 Å². The van der Waals surface area contributed by atoms with Gasteiger partial charge in [-0.2, -0.15) is 0 Å². The van der Waals surface area contributed by atoms with E-state index >= 15 is 0 Å². The third-order valence-electron chi connectivity index (χ3n) is 4.57. The predicted molar refractivity (Wildman–Crippen MR) is 88.8 cm³/mol. The molecular formula is C19H28O3. The second kappa shape index (κ2) is 8.23. The van der Waals surface area contributed by atoms with Crippen LogP contribution in [0.4, 0.5) is 0 Å². The Hall–Kier alpha value is -1.48. The van der Waals surface area contributed by atoms with Crippen molar-refractivity contribution in [2.75, 3.05) is 0 Å². The van der Waals surface area contributed by atoms with Crippen molar-refractivity contribution in [2.24, 2.45) is 5.41 Å². The second-order valence-corrected chi connectivity index (χ2v) is 6.54. The molecule has 0 aliphatic carbocycles. The lowest BCUT2D eigenvalue weighted by Gasteiger charge is -2.41. The fraction of sp³-hybridized carbons (Fsp3) is 0.579. The summed E-state index contributed by atoms with van der Waals surface area (Å²) in [6.07, 6.45) is 6.26. The molecule has 1 unspecified atom stereocenters. The predicted octanol–water partition coefficient (Wildman–Crippen LogP) is 3.90. The molecule has 3 nitrogen and oxygen atoms in total. The van der Waals surface area contributed by atoms with E-state index in [0.717, 1.165) is 31.2 Å². The van der Waals surface area contributed by atoms with Gasteiger partial charge < -0.3 is 14.7 Å². The maximum atomic E-state index is 11.8. The first-order chi connectivity index (χ1) is 10.4. The van der Waals surface area contributed by atoms with Crippen LogP contribution in [0.5, 0.6) is 0 Å². The van der Waals surface area contributed by atoms with Crippen molar-refractivity contribution in [3.05, 3.63) is 35.9 Å². The maximum Gasteiger partial charge on any atom is 0.136 e. The molecule has 1 aromatic carbocycles. The summed E-state index contributed by atoms with van der Waals surface area (Å²) in [5.41, 5.74) is -1.89. The Balaban J connectivity index is 3.17. The van der Waals surface area contributed by atoms with E-state index in [1.54, 1.807) is 0 Å². The van der Waals surface area contributed by atoms with Crippen molar-refractivity contribution in [1.29, 1.82) is 0 Å². The monoisotopic (exact) mass is 304 g/mol. The summed E-state index contributed by atoms with van der Waals surface area (Å²) in [7, 11) is 0. The minimum atomic E-state index is -1.42. The Labute approximate surface area is 133 Å². The molecule has 1 rings (SSSR count). The van der Waals surface area contributed by atoms with Gasteiger partial charge in [-0.15, -0.1) is 0 Å². The van der Waals surface area contributed by atoms with E-state index in [4.69, 9.17) is 0 Å². The van der Waals surface area contributed by atoms with Crippen molar-refractivity contribution >= 4 is 12.6 Å². The summed E-state index contributed by atoms with van der Waals surface area (Å²) in [6, 6.07) is 9.57. The first-order valence-corrected chi connectivity index (χ1v) is 8.13. The summed E-state index contributed by atoms with van der Waals surface area (Å²) < 4.78 is 0. The van der Waals surface area contributed by atoms with Gasteiger partial charge in [0.25, 0.3) is 0 Å². The average molecular weight is 304 g/mol. The largest absolute Gasteiger partial charge is 0.389 e. The molecule has 0 aliphatic rings. The van der Waals surface area contributed by atoms with Gasteiger partial charge in [0, 0.05) is 5.92 Å². The van der Waals surface area contributed by atoms with Crippen LogP contribution in [0.15, 0.2) is 30.3 Å². The van der Waals surface area contributed by atoms with Crippen molar-refractivity contribution in [3.8, 4) is 0 Å². The molecule has 0 fully saturated rings. The van der Waals surface area contributed by atoms with Crippen LogP contribution in [0, 0.1) is 5.41 Å². The van der Waals surface area contributed by atoms with E-state index in [1.807, 2.05) is 30.3 Å². The van der Waals surface area contributed by atoms with E-state index in [2.05, 4.69) is 6.92 Å². The van der Waals surface area contributed by atoms with Gasteiger partial charge in [0.05, 0.1) is 5.60 Å². The number of carbonyl (C=O) groups is 2. The quantitative estimate of drug-likeness (QED) is 0.405. The fourth-order valence-electron chi connectivity index (χ4n) is 3.05. The highest BCUT2D eigenvalue weighted by Gasteiger charge is 2.50. The Morgan fingerprint density at radius 2 is 1.64 bits per heavy atom. The van der Waals surface area contributed by atoms with Gasteiger partial charge in [0.15, 0.2) is 0 Å². The molecule has 1 aromatic rings. The summed E-state index contributed by atoms with van der Waals surface area (Å²) >= 11 is 0. The summed E-state index contributed by atoms with van der Waals surface area (Å²) in [5.74, 6) is -0.305. The molecule has 0 saturated heterocycles. The Kier molecular flexibility index (Phi) is 6.95. The van der Waals surface area contributed by atoms with E-state index in [9.17, 15) is 14.7 Å². The van der Waals surface area contributed by atoms with Gasteiger partial charge in [-0.25, -0.2) is 0 Å². The Morgan fingerprint density at radius 3 is 2.09 bits per heavy atom. The van der Waals surface area contributed by atoms with Crippen molar-refractivity contribution in [2.45, 2.75) is 64.4 Å². The smallest absolute Gasteiger partial charge is 0.136 e. The molecule has 0 aliphatic heterocycles. The topological polar surface area (TPSA) is 54.4 Å². The van der Waals surface area contributed by atoms with Crippen LogP contribution in [0.2, 0.25) is 0 Å². The standard InChI is InChI=1S/C19H28O3/c1-4-5-6-10-13-17(16-11-8-7-9-12-16)19(14-20,15-21)18(2,3)22/h7-9,11-12,14-15,17,22H,4-6,10,13H2,1-3H3. The van der Waals surface area contributed by atoms with Crippen LogP contribution in [-0.4, -0.2) is 23.3 Å². The molecular weight excluding hydrogens is 276 g/mol. The summed E-state index contributed by atoms with van der Waals surface area (Å²) in [5, 5.41) is 10.5. The lowest BCUT2D eigenvalue weighted by Crippen LogP contribution is -2.50. The lowest BCUT2D eigenvalue weighted by molar-refractivity contribution is -0.145. The van der Waals surface area contributed by atoms with Gasteiger partial charge in [0.2, 0.25) is 0 Å². The van der Waals surface area contributed by atoms with Gasteiger partial charge in [-0.3, -0.25) is 0 Å². The van der Waals surface area contributed by atoms with E-state index in [0.29, 0.717) is 19.0 Å². The molecule has 3 heteroatoms. The Morgan fingerprint density at radius 1 is 1.05 bits per heavy atom. The molecule has 1 atom stereocenters. The van der Waals surface area contributed by atoms with Crippen LogP contribution in [0.3, 0.4) is 0 Å². The summed E-state index contributed by atoms with van der Waals surface area (Å²) in [4.78, 5) is 23.6. The first kappa shape index (κ1) is 18.6. The third-order valence-corrected chi connectivity index (χ3v) is 4.57. The zero-order chi connectivity index (χ0) is 16.6. The highest BCUT2D eigenvalue weighted by Crippen LogP contribution is 2.44. The zero-order valence-corrected chi connectivity index (χ0v) is 13.9. The number of aldehydes is 2. The minimum absolute atomic E-state index is 0.305. The van der Waals surface area contributed by atoms with Crippen molar-refractivity contribution in [3.63, 3.8) is 0 Å². The molecule has 122 valence electrons. The van der Waals surface area contributed by atoms with Crippen LogP contribution in [-0.2, 0) is 9.59 Å². The normalized spacial score (nSPS) is 13.6. The molecule has 0 heterocycles. The molecule has 0 aromatic heterocycles. The van der Waals surface area contributed by atoms with Gasteiger partial charge in [-0.1, -0.05) is 62.9 Å². The molecule has 0 bridgehead atoms. The number of hydrogen-bond donors (Lipinski definition) is 1. The molecule has 0 saturated carbocycles. The molecule has 0 radical (unpaired) electrons. The second-order valence-electron chi connectivity index (χ2n) is 6.54. The SMILES string of the molecule is CCCCCCC(c1ccccc1)C(C=O)(C=O)C(C)(C)O. The number of hydrogen-bond acceptors (Lipinski definition) is 3. The first-order valence-electron chi connectivity index (χ1n) is 8.13. The fourth-order valence-corrected chi connectivity index (χ4v) is 3.05. The molecule has 0 amide bonds. The minimum Gasteiger partial charge on any atom is -0.389 e. The van der Waals surface area contributed by atoms with E-state index in [1.165, 1.54) is 13.8 Å². The van der Waals surface area contributed by atoms with Gasteiger partial charge in [-0.05, 0) is 25.8 Å². The average Bonchev–Trinajstić information content (AvgIpc) is 2.50. The van der Waals surface area contributed by atoms with E-state index < -0.39 is 11.0 Å². The molecule has 1 N–H and O–H groups in total. The Bertz CT molecular complexity index is 451. The number of rotatable bonds is 10. The van der Waals surface area contributed by atoms with Crippen LogP contribution < -0.4 is 0 Å². The summed E-state index contributed by atoms with van der Waals surface area (Å²) in [6.45, 7) is 5.22. The molecule has 22 heavy (non-hydrogen) atoms. The van der Waals surface area contributed by atoms with Crippen LogP contribution >= 0.6 is 0 Å². The third kappa shape index (κ3) is 4.04. The van der Waals surface area contributed by atoms with Gasteiger partial charge >= 0.3 is 0 Å². The van der Waals surface area contributed by atoms with E-state index in [-0.39, 0.29) is 5.92 Å². The molecule has 0 spiro atoms. The maximum absolute atomic E-state index is 11.8. The van der Waals surface area contributed by atoms with Crippen LogP contribution in [0.25, 0.3) is 0 Å². The number of unbranched alkanes of at least 4 members (excludes halogenated alkanes) is 3. The highest BCUT2D eigenvalue weighted by molar-refractivity contribution is 5.87. The van der Waals surface area contributed by atoms with Gasteiger partial charge in [0.1, 0.15) is 18.0 Å². The highest BCUT2D eigenvalue weighted by atomic mass is 16.3. The van der Waals surface area contributed by atoms with Crippen molar-refractivity contribution in [1.82, 2.24) is 0 Å². The number of aliphatic hydroxyl groups is 1. The van der Waals surface area contributed by atoms with Crippen LogP contribution in [0.1, 0.15) is 64.4 Å². The zero-order valence-electron chi connectivity index (χ0n) is 13.9. The lowest BCUT2D eigenvalue weighted by atomic mass is 9.63. The number of benzene rings is 1.